The Labute approximate surface area is 135 Å². The summed E-state index contributed by atoms with van der Waals surface area (Å²) in [6, 6.07) is 6.05. The fourth-order valence-corrected chi connectivity index (χ4v) is 3.22. The average molecular weight is 324 g/mol. The molecule has 0 spiro atoms. The zero-order chi connectivity index (χ0) is 16.2. The molecule has 3 rings (SSSR count). The first-order chi connectivity index (χ1) is 11.1. The highest BCUT2D eigenvalue weighted by atomic mass is 19.3. The third kappa shape index (κ3) is 4.26. The molecule has 6 heteroatoms. The van der Waals surface area contributed by atoms with Crippen LogP contribution < -0.4 is 0 Å². The van der Waals surface area contributed by atoms with Crippen LogP contribution in [-0.2, 0) is 29.2 Å². The van der Waals surface area contributed by atoms with E-state index in [0.29, 0.717) is 45.8 Å². The Kier molecular flexibility index (Phi) is 5.23. The summed E-state index contributed by atoms with van der Waals surface area (Å²) in [7, 11) is 0. The summed E-state index contributed by atoms with van der Waals surface area (Å²) in [6.45, 7) is 3.39. The van der Waals surface area contributed by atoms with Crippen molar-refractivity contribution in [2.45, 2.75) is 32.5 Å². The average Bonchev–Trinajstić information content (AvgIpc) is 2.85. The highest BCUT2D eigenvalue weighted by molar-refractivity contribution is 5.79. The maximum Gasteiger partial charge on any atom is 0.251 e. The summed E-state index contributed by atoms with van der Waals surface area (Å²) < 4.78 is 30.3. The van der Waals surface area contributed by atoms with Gasteiger partial charge in [-0.2, -0.15) is 0 Å². The fourth-order valence-electron chi connectivity index (χ4n) is 3.22. The Morgan fingerprint density at radius 1 is 1.13 bits per heavy atom. The van der Waals surface area contributed by atoms with E-state index in [1.807, 2.05) is 18.2 Å². The molecule has 0 aromatic heterocycles. The number of nitrogens with zero attached hydrogens (tertiary/aromatic N) is 2. The first-order valence-corrected chi connectivity index (χ1v) is 8.08. The molecule has 2 aliphatic rings. The van der Waals surface area contributed by atoms with Crippen LogP contribution in [0.3, 0.4) is 0 Å². The topological polar surface area (TPSA) is 32.8 Å². The van der Waals surface area contributed by atoms with Gasteiger partial charge in [0.15, 0.2) is 0 Å². The van der Waals surface area contributed by atoms with Crippen LogP contribution in [0.1, 0.15) is 23.1 Å². The van der Waals surface area contributed by atoms with Gasteiger partial charge in [0.25, 0.3) is 6.43 Å². The molecule has 4 nitrogen and oxygen atoms in total. The Morgan fingerprint density at radius 3 is 2.78 bits per heavy atom. The van der Waals surface area contributed by atoms with E-state index in [9.17, 15) is 13.6 Å². The summed E-state index contributed by atoms with van der Waals surface area (Å²) in [5, 5.41) is 0. The van der Waals surface area contributed by atoms with E-state index >= 15 is 0 Å². The molecular weight excluding hydrogens is 302 g/mol. The maximum absolute atomic E-state index is 12.5. The van der Waals surface area contributed by atoms with Crippen LogP contribution in [-0.4, -0.2) is 54.9 Å². The van der Waals surface area contributed by atoms with E-state index in [1.54, 1.807) is 9.80 Å². The molecule has 1 fully saturated rings. The van der Waals surface area contributed by atoms with Gasteiger partial charge in [-0.05, 0) is 23.1 Å². The number of carbonyl (C=O) groups is 1. The van der Waals surface area contributed by atoms with Crippen molar-refractivity contribution in [1.29, 1.82) is 0 Å². The van der Waals surface area contributed by atoms with Crippen LogP contribution in [0.5, 0.6) is 0 Å². The molecule has 0 N–H and O–H groups in total. The molecule has 0 saturated carbocycles. The van der Waals surface area contributed by atoms with Gasteiger partial charge in [0.2, 0.25) is 5.91 Å². The molecular formula is C17H22F2N2O2. The minimum atomic E-state index is -2.31. The Morgan fingerprint density at radius 2 is 1.96 bits per heavy atom. The van der Waals surface area contributed by atoms with Crippen molar-refractivity contribution in [2.24, 2.45) is 0 Å². The number of hydrogen-bond acceptors (Lipinski definition) is 3. The number of halogens is 2. The van der Waals surface area contributed by atoms with Crippen molar-refractivity contribution in [2.75, 3.05) is 32.7 Å². The van der Waals surface area contributed by atoms with E-state index in [-0.39, 0.29) is 12.5 Å². The minimum absolute atomic E-state index is 0.0720. The number of benzene rings is 1. The number of rotatable bonds is 4. The zero-order valence-corrected chi connectivity index (χ0v) is 13.1. The predicted molar refractivity (Wildman–Crippen MR) is 82.3 cm³/mol. The van der Waals surface area contributed by atoms with E-state index in [2.05, 4.69) is 0 Å². The molecule has 2 heterocycles. The molecule has 0 atom stereocenters. The fraction of sp³-hybridized carbons (Fsp3) is 0.588. The number of fused-ring (bicyclic) bond motifs is 1. The molecule has 2 aliphatic heterocycles. The normalized spacial score (nSPS) is 19.0. The van der Waals surface area contributed by atoms with E-state index in [1.165, 1.54) is 5.56 Å². The monoisotopic (exact) mass is 324 g/mol. The van der Waals surface area contributed by atoms with Gasteiger partial charge < -0.3 is 9.64 Å². The summed E-state index contributed by atoms with van der Waals surface area (Å²) in [6.07, 6.45) is -1.20. The van der Waals surface area contributed by atoms with Crippen molar-refractivity contribution in [3.8, 4) is 0 Å². The quantitative estimate of drug-likeness (QED) is 0.850. The van der Waals surface area contributed by atoms with Crippen LogP contribution in [0.4, 0.5) is 8.78 Å². The van der Waals surface area contributed by atoms with Gasteiger partial charge in [0.1, 0.15) is 0 Å². The molecule has 0 bridgehead atoms. The lowest BCUT2D eigenvalue weighted by atomic mass is 10.0. The van der Waals surface area contributed by atoms with Crippen molar-refractivity contribution < 1.29 is 18.3 Å². The van der Waals surface area contributed by atoms with Crippen LogP contribution in [0.15, 0.2) is 18.2 Å². The van der Waals surface area contributed by atoms with Gasteiger partial charge in [-0.25, -0.2) is 8.78 Å². The number of amides is 1. The number of hydrogen-bond donors (Lipinski definition) is 0. The van der Waals surface area contributed by atoms with Crippen LogP contribution in [0.25, 0.3) is 0 Å². The third-order valence-corrected chi connectivity index (χ3v) is 4.48. The third-order valence-electron chi connectivity index (χ3n) is 4.48. The standard InChI is InChI=1S/C17H22F2N2O2/c18-16(19)10-20-4-1-5-21(7-6-20)17(22)9-13-2-3-14-11-23-12-15(14)8-13/h2-3,8,16H,1,4-7,9-12H2. The lowest BCUT2D eigenvalue weighted by Gasteiger charge is -2.22. The Hall–Kier alpha value is -1.53. The number of carbonyl (C=O) groups excluding carboxylic acids is 1. The van der Waals surface area contributed by atoms with Gasteiger partial charge in [0.05, 0.1) is 26.2 Å². The molecule has 0 aliphatic carbocycles. The zero-order valence-electron chi connectivity index (χ0n) is 13.1. The molecule has 0 unspecified atom stereocenters. The van der Waals surface area contributed by atoms with Crippen molar-refractivity contribution in [1.82, 2.24) is 9.80 Å². The van der Waals surface area contributed by atoms with Crippen molar-refractivity contribution in [3.63, 3.8) is 0 Å². The molecule has 1 aromatic rings. The van der Waals surface area contributed by atoms with Crippen molar-refractivity contribution in [3.05, 3.63) is 34.9 Å². The Balaban J connectivity index is 1.56. The lowest BCUT2D eigenvalue weighted by molar-refractivity contribution is -0.130. The van der Waals surface area contributed by atoms with E-state index in [0.717, 1.165) is 17.5 Å². The molecule has 126 valence electrons. The molecule has 0 radical (unpaired) electrons. The SMILES string of the molecule is O=C(Cc1ccc2c(c1)COC2)N1CCCN(CC(F)F)CC1. The summed E-state index contributed by atoms with van der Waals surface area (Å²) in [5.41, 5.74) is 3.35. The summed E-state index contributed by atoms with van der Waals surface area (Å²) >= 11 is 0. The lowest BCUT2D eigenvalue weighted by Crippen LogP contribution is -2.37. The maximum atomic E-state index is 12.5. The number of alkyl halides is 2. The summed E-state index contributed by atoms with van der Waals surface area (Å²) in [4.78, 5) is 16.0. The second-order valence-electron chi connectivity index (χ2n) is 6.20. The van der Waals surface area contributed by atoms with Gasteiger partial charge in [-0.3, -0.25) is 9.69 Å². The van der Waals surface area contributed by atoms with E-state index in [4.69, 9.17) is 4.74 Å². The highest BCUT2D eigenvalue weighted by Gasteiger charge is 2.21. The predicted octanol–water partition coefficient (Wildman–Crippen LogP) is 2.06. The highest BCUT2D eigenvalue weighted by Crippen LogP contribution is 2.21. The second-order valence-corrected chi connectivity index (χ2v) is 6.20. The van der Waals surface area contributed by atoms with Crippen LogP contribution >= 0.6 is 0 Å². The second kappa shape index (κ2) is 7.36. The largest absolute Gasteiger partial charge is 0.372 e. The first kappa shape index (κ1) is 16.3. The van der Waals surface area contributed by atoms with Gasteiger partial charge >= 0.3 is 0 Å². The summed E-state index contributed by atoms with van der Waals surface area (Å²) in [5.74, 6) is 0.0720. The van der Waals surface area contributed by atoms with Gasteiger partial charge in [-0.15, -0.1) is 0 Å². The van der Waals surface area contributed by atoms with Crippen molar-refractivity contribution >= 4 is 5.91 Å². The smallest absolute Gasteiger partial charge is 0.251 e. The minimum Gasteiger partial charge on any atom is -0.372 e. The van der Waals surface area contributed by atoms with Crippen LogP contribution in [0.2, 0.25) is 0 Å². The number of ether oxygens (including phenoxy) is 1. The molecule has 23 heavy (non-hydrogen) atoms. The Bertz CT molecular complexity index is 566. The first-order valence-electron chi connectivity index (χ1n) is 8.08. The van der Waals surface area contributed by atoms with Gasteiger partial charge in [0, 0.05) is 26.2 Å². The molecule has 1 saturated heterocycles. The molecule has 1 aromatic carbocycles. The van der Waals surface area contributed by atoms with Crippen LogP contribution in [0, 0.1) is 0 Å². The van der Waals surface area contributed by atoms with Gasteiger partial charge in [-0.1, -0.05) is 18.2 Å². The van der Waals surface area contributed by atoms with E-state index < -0.39 is 6.43 Å². The molecule has 1 amide bonds.